The minimum Gasteiger partial charge on any atom is -0.399 e. The number of hydrogen-bond donors (Lipinski definition) is 2. The predicted molar refractivity (Wildman–Crippen MR) is 121 cm³/mol. The van der Waals surface area contributed by atoms with Crippen LogP contribution in [-0.2, 0) is 23.1 Å². The van der Waals surface area contributed by atoms with Crippen molar-refractivity contribution in [2.24, 2.45) is 0 Å². The van der Waals surface area contributed by atoms with Crippen LogP contribution in [0, 0.1) is 0 Å². The van der Waals surface area contributed by atoms with Gasteiger partial charge in [0.1, 0.15) is 11.6 Å². The molecule has 0 unspecified atom stereocenters. The second kappa shape index (κ2) is 9.48. The molecule has 31 heavy (non-hydrogen) atoms. The van der Waals surface area contributed by atoms with E-state index in [0.29, 0.717) is 17.2 Å². The summed E-state index contributed by atoms with van der Waals surface area (Å²) in [6.45, 7) is 3.68. The number of aliphatic hydroxyl groups excluding tert-OH is 1. The highest BCUT2D eigenvalue weighted by Crippen LogP contribution is 2.31. The number of halogens is 2. The minimum absolute atomic E-state index is 0.00683. The summed E-state index contributed by atoms with van der Waals surface area (Å²) in [4.78, 5) is 4.52. The van der Waals surface area contributed by atoms with Crippen LogP contribution in [-0.4, -0.2) is 29.7 Å². The highest BCUT2D eigenvalue weighted by molar-refractivity contribution is 7.87. The lowest BCUT2D eigenvalue weighted by Gasteiger charge is -2.15. The molecule has 0 saturated heterocycles. The molecule has 1 aromatic heterocycles. The molecule has 0 amide bonds. The Morgan fingerprint density at radius 3 is 2.42 bits per heavy atom. The smallest absolute Gasteiger partial charge is 0.357 e. The number of hydrogen-bond acceptors (Lipinski definition) is 6. The molecule has 10 heteroatoms. The molecule has 0 atom stereocenters. The lowest BCUT2D eigenvalue weighted by Crippen LogP contribution is -2.19. The van der Waals surface area contributed by atoms with Crippen LogP contribution >= 0.6 is 23.2 Å². The number of nitrogens with zero attached hydrogens (tertiary/aromatic N) is 2. The Bertz CT molecular complexity index is 1170. The molecule has 1 heterocycles. The van der Waals surface area contributed by atoms with Crippen molar-refractivity contribution in [3.8, 4) is 5.75 Å². The van der Waals surface area contributed by atoms with Crippen LogP contribution in [0.5, 0.6) is 5.75 Å². The Kier molecular flexibility index (Phi) is 7.16. The van der Waals surface area contributed by atoms with Crippen molar-refractivity contribution in [1.29, 1.82) is 0 Å². The van der Waals surface area contributed by atoms with Gasteiger partial charge in [0.2, 0.25) is 0 Å². The third-order valence-corrected chi connectivity index (χ3v) is 6.23. The summed E-state index contributed by atoms with van der Waals surface area (Å²) < 4.78 is 33.7. The molecule has 2 aromatic carbocycles. The number of rotatable bonds is 8. The average molecular weight is 484 g/mol. The molecule has 0 fully saturated rings. The van der Waals surface area contributed by atoms with Gasteiger partial charge in [-0.1, -0.05) is 49.2 Å². The Morgan fingerprint density at radius 2 is 1.84 bits per heavy atom. The van der Waals surface area contributed by atoms with Crippen LogP contribution in [0.25, 0.3) is 0 Å². The van der Waals surface area contributed by atoms with E-state index in [2.05, 4.69) is 4.98 Å². The van der Waals surface area contributed by atoms with Crippen molar-refractivity contribution < 1.29 is 17.7 Å². The maximum Gasteiger partial charge on any atom is 0.357 e. The molecular weight excluding hydrogens is 461 g/mol. The van der Waals surface area contributed by atoms with Gasteiger partial charge in [-0.3, -0.25) is 0 Å². The van der Waals surface area contributed by atoms with Gasteiger partial charge in [0, 0.05) is 34.3 Å². The van der Waals surface area contributed by atoms with E-state index in [0.717, 1.165) is 5.56 Å². The first-order chi connectivity index (χ1) is 14.6. The number of aliphatic hydroxyl groups is 1. The zero-order valence-corrected chi connectivity index (χ0v) is 19.4. The summed E-state index contributed by atoms with van der Waals surface area (Å²) in [7, 11) is -4.31. The van der Waals surface area contributed by atoms with Crippen LogP contribution in [0.15, 0.2) is 47.5 Å². The fourth-order valence-electron chi connectivity index (χ4n) is 3.21. The zero-order chi connectivity index (χ0) is 22.8. The molecule has 0 spiro atoms. The number of aromatic nitrogens is 2. The summed E-state index contributed by atoms with van der Waals surface area (Å²) in [5.41, 5.74) is 7.57. The second-order valence-corrected chi connectivity index (χ2v) is 9.66. The summed E-state index contributed by atoms with van der Waals surface area (Å²) in [5.74, 6) is 0.211. The average Bonchev–Trinajstić information content (AvgIpc) is 3.00. The van der Waals surface area contributed by atoms with E-state index < -0.39 is 10.1 Å². The van der Waals surface area contributed by atoms with Gasteiger partial charge in [-0.25, -0.2) is 4.98 Å². The van der Waals surface area contributed by atoms with Gasteiger partial charge < -0.3 is 19.6 Å². The van der Waals surface area contributed by atoms with Gasteiger partial charge in [0.25, 0.3) is 0 Å². The fourth-order valence-corrected chi connectivity index (χ4v) is 5.12. The van der Waals surface area contributed by atoms with E-state index in [1.165, 1.54) is 18.2 Å². The van der Waals surface area contributed by atoms with E-state index in [1.54, 1.807) is 22.8 Å². The number of nitrogen functional groups attached to an aromatic ring is 1. The highest BCUT2D eigenvalue weighted by Gasteiger charge is 2.31. The molecule has 0 radical (unpaired) electrons. The van der Waals surface area contributed by atoms with Crippen molar-refractivity contribution in [2.45, 2.75) is 37.8 Å². The standard InChI is InChI=1S/C21H23Cl2N3O4S/c1-13(2)20-21(31(28,29)30-18-10-15(22)9-16(23)11-18)26(19(25-20)6-7-27)12-14-4-3-5-17(24)8-14/h3-5,8-11,13,27H,6-7,12,24H2,1-2H3. The molecule has 3 aromatic rings. The molecule has 0 aliphatic heterocycles. The molecule has 0 aliphatic rings. The topological polar surface area (TPSA) is 107 Å². The van der Waals surface area contributed by atoms with Crippen LogP contribution in [0.4, 0.5) is 5.69 Å². The van der Waals surface area contributed by atoms with Crippen molar-refractivity contribution in [2.75, 3.05) is 12.3 Å². The van der Waals surface area contributed by atoms with Crippen LogP contribution in [0.3, 0.4) is 0 Å². The third-order valence-electron chi connectivity index (χ3n) is 4.48. The van der Waals surface area contributed by atoms with E-state index in [9.17, 15) is 13.5 Å². The molecule has 166 valence electrons. The Hall–Kier alpha value is -2.26. The zero-order valence-electron chi connectivity index (χ0n) is 17.0. The minimum atomic E-state index is -4.31. The molecule has 0 bridgehead atoms. The lowest BCUT2D eigenvalue weighted by atomic mass is 10.1. The van der Waals surface area contributed by atoms with E-state index in [1.807, 2.05) is 19.9 Å². The normalized spacial score (nSPS) is 11.8. The first kappa shape index (κ1) is 23.4. The summed E-state index contributed by atoms with van der Waals surface area (Å²) >= 11 is 12.0. The van der Waals surface area contributed by atoms with Gasteiger partial charge in [-0.2, -0.15) is 8.42 Å². The molecular formula is C21H23Cl2N3O4S. The SMILES string of the molecule is CC(C)c1nc(CCO)n(Cc2cccc(N)c2)c1S(=O)(=O)Oc1cc(Cl)cc(Cl)c1. The van der Waals surface area contributed by atoms with Gasteiger partial charge in [0.05, 0.1) is 18.8 Å². The van der Waals surface area contributed by atoms with Crippen molar-refractivity contribution in [1.82, 2.24) is 9.55 Å². The Balaban J connectivity index is 2.15. The molecule has 0 saturated carbocycles. The molecule has 3 rings (SSSR count). The van der Waals surface area contributed by atoms with Gasteiger partial charge >= 0.3 is 10.1 Å². The maximum absolute atomic E-state index is 13.4. The van der Waals surface area contributed by atoms with Gasteiger partial charge in [0.15, 0.2) is 5.03 Å². The number of benzene rings is 2. The van der Waals surface area contributed by atoms with Crippen LogP contribution < -0.4 is 9.92 Å². The lowest BCUT2D eigenvalue weighted by molar-refractivity contribution is 0.294. The predicted octanol–water partition coefficient (Wildman–Crippen LogP) is 4.25. The van der Waals surface area contributed by atoms with E-state index in [4.69, 9.17) is 33.1 Å². The first-order valence-electron chi connectivity index (χ1n) is 9.56. The molecule has 0 aliphatic carbocycles. The number of anilines is 1. The summed E-state index contributed by atoms with van der Waals surface area (Å²) in [5, 5.41) is 9.92. The number of nitrogens with two attached hydrogens (primary N) is 1. The fraction of sp³-hybridized carbons (Fsp3) is 0.286. The summed E-state index contributed by atoms with van der Waals surface area (Å²) in [6.07, 6.45) is 0.181. The summed E-state index contributed by atoms with van der Waals surface area (Å²) in [6, 6.07) is 11.3. The van der Waals surface area contributed by atoms with Crippen molar-refractivity contribution in [3.05, 3.63) is 69.6 Å². The van der Waals surface area contributed by atoms with Crippen LogP contribution in [0.2, 0.25) is 10.0 Å². The Labute approximate surface area is 191 Å². The molecule has 3 N–H and O–H groups in total. The third kappa shape index (κ3) is 5.51. The van der Waals surface area contributed by atoms with Crippen LogP contribution in [0.1, 0.15) is 36.8 Å². The van der Waals surface area contributed by atoms with Crippen molar-refractivity contribution in [3.63, 3.8) is 0 Å². The van der Waals surface area contributed by atoms with Gasteiger partial charge in [-0.15, -0.1) is 0 Å². The van der Waals surface area contributed by atoms with Gasteiger partial charge in [-0.05, 0) is 29.7 Å². The highest BCUT2D eigenvalue weighted by atomic mass is 35.5. The quantitative estimate of drug-likeness (QED) is 0.366. The number of imidazole rings is 1. The largest absolute Gasteiger partial charge is 0.399 e. The first-order valence-corrected chi connectivity index (χ1v) is 11.7. The molecule has 7 nitrogen and oxygen atoms in total. The van der Waals surface area contributed by atoms with E-state index in [-0.39, 0.29) is 46.3 Å². The maximum atomic E-state index is 13.4. The van der Waals surface area contributed by atoms with E-state index >= 15 is 0 Å². The Morgan fingerprint density at radius 1 is 1.16 bits per heavy atom. The van der Waals surface area contributed by atoms with Crippen molar-refractivity contribution >= 4 is 39.0 Å². The monoisotopic (exact) mass is 483 g/mol. The second-order valence-electron chi connectivity index (χ2n) is 7.32.